The Kier molecular flexibility index (Phi) is 1.84. The number of fused-ring (bicyclic) bond motifs is 1. The maximum Gasteiger partial charge on any atom is 0.237 e. The van der Waals surface area contributed by atoms with Gasteiger partial charge in [-0.2, -0.15) is 11.8 Å². The zero-order valence-corrected chi connectivity index (χ0v) is 7.65. The Morgan fingerprint density at radius 2 is 2.42 bits per heavy atom. The van der Waals surface area contributed by atoms with Crippen LogP contribution in [-0.4, -0.2) is 12.1 Å². The lowest BCUT2D eigenvalue weighted by atomic mass is 10.2. The molecular formula is C8H10N2OS. The number of methoxy groups -OCH3 is 1. The largest absolute Gasteiger partial charge is 0.480 e. The van der Waals surface area contributed by atoms with Gasteiger partial charge >= 0.3 is 0 Å². The molecule has 0 fully saturated rings. The molecule has 0 saturated heterocycles. The minimum atomic E-state index is 0.552. The fraction of sp³-hybridized carbons (Fsp3) is 0.375. The van der Waals surface area contributed by atoms with E-state index < -0.39 is 0 Å². The van der Waals surface area contributed by atoms with Gasteiger partial charge in [-0.1, -0.05) is 0 Å². The summed E-state index contributed by atoms with van der Waals surface area (Å²) in [7, 11) is 1.59. The summed E-state index contributed by atoms with van der Waals surface area (Å²) in [5.74, 6) is 2.55. The second-order valence-corrected chi connectivity index (χ2v) is 3.67. The van der Waals surface area contributed by atoms with E-state index >= 15 is 0 Å². The molecule has 1 aromatic rings. The van der Waals surface area contributed by atoms with Gasteiger partial charge in [0, 0.05) is 11.5 Å². The molecule has 0 saturated carbocycles. The molecular weight excluding hydrogens is 172 g/mol. The Balaban J connectivity index is 2.49. The zero-order valence-electron chi connectivity index (χ0n) is 6.83. The summed E-state index contributed by atoms with van der Waals surface area (Å²) in [5.41, 5.74) is 8.71. The van der Waals surface area contributed by atoms with Gasteiger partial charge in [0.05, 0.1) is 18.5 Å². The molecule has 0 atom stereocenters. The number of pyridine rings is 1. The van der Waals surface area contributed by atoms with Gasteiger partial charge in [0.25, 0.3) is 0 Å². The number of ether oxygens (including phenoxy) is 1. The molecule has 0 aromatic carbocycles. The van der Waals surface area contributed by atoms with Crippen LogP contribution in [-0.2, 0) is 11.5 Å². The first kappa shape index (κ1) is 7.73. The number of nitrogens with two attached hydrogens (primary N) is 1. The van der Waals surface area contributed by atoms with Crippen molar-refractivity contribution in [3.8, 4) is 5.88 Å². The van der Waals surface area contributed by atoms with Crippen molar-refractivity contribution in [1.82, 2.24) is 4.98 Å². The molecule has 2 N–H and O–H groups in total. The van der Waals surface area contributed by atoms with Crippen LogP contribution in [0.5, 0.6) is 5.88 Å². The van der Waals surface area contributed by atoms with Gasteiger partial charge in [-0.25, -0.2) is 4.98 Å². The van der Waals surface area contributed by atoms with Crippen molar-refractivity contribution in [2.24, 2.45) is 0 Å². The summed E-state index contributed by atoms with van der Waals surface area (Å²) < 4.78 is 5.02. The first-order chi connectivity index (χ1) is 5.81. The molecule has 0 unspecified atom stereocenters. The smallest absolute Gasteiger partial charge is 0.237 e. The average Bonchev–Trinajstić information content (AvgIpc) is 2.49. The summed E-state index contributed by atoms with van der Waals surface area (Å²) in [5, 5.41) is 0. The summed E-state index contributed by atoms with van der Waals surface area (Å²) in [6.45, 7) is 0. The highest BCUT2D eigenvalue weighted by molar-refractivity contribution is 7.98. The highest BCUT2D eigenvalue weighted by Crippen LogP contribution is 2.32. The van der Waals surface area contributed by atoms with Gasteiger partial charge in [0.2, 0.25) is 5.88 Å². The van der Waals surface area contributed by atoms with Gasteiger partial charge < -0.3 is 10.5 Å². The fourth-order valence-corrected chi connectivity index (χ4v) is 2.28. The number of rotatable bonds is 1. The van der Waals surface area contributed by atoms with E-state index in [-0.39, 0.29) is 0 Å². The molecule has 0 bridgehead atoms. The van der Waals surface area contributed by atoms with Crippen molar-refractivity contribution >= 4 is 17.4 Å². The third-order valence-electron chi connectivity index (χ3n) is 1.87. The second kappa shape index (κ2) is 2.86. The van der Waals surface area contributed by atoms with Gasteiger partial charge in [-0.05, 0) is 11.6 Å². The molecule has 12 heavy (non-hydrogen) atoms. The van der Waals surface area contributed by atoms with Crippen molar-refractivity contribution in [3.05, 3.63) is 17.3 Å². The summed E-state index contributed by atoms with van der Waals surface area (Å²) in [6.07, 6.45) is 0. The van der Waals surface area contributed by atoms with E-state index in [2.05, 4.69) is 4.98 Å². The molecule has 0 amide bonds. The van der Waals surface area contributed by atoms with Crippen LogP contribution in [0.1, 0.15) is 11.3 Å². The van der Waals surface area contributed by atoms with Crippen molar-refractivity contribution in [3.63, 3.8) is 0 Å². The van der Waals surface area contributed by atoms with Crippen molar-refractivity contribution in [1.29, 1.82) is 0 Å². The Morgan fingerprint density at radius 1 is 1.58 bits per heavy atom. The third kappa shape index (κ3) is 1.12. The molecule has 3 nitrogen and oxygen atoms in total. The Morgan fingerprint density at radius 3 is 3.17 bits per heavy atom. The van der Waals surface area contributed by atoms with E-state index in [1.807, 2.05) is 17.8 Å². The second-order valence-electron chi connectivity index (χ2n) is 2.69. The van der Waals surface area contributed by atoms with Crippen LogP contribution in [0.2, 0.25) is 0 Å². The SMILES string of the molecule is COc1nc2c(cc1N)CSC2. The molecule has 2 heterocycles. The topological polar surface area (TPSA) is 48.1 Å². The van der Waals surface area contributed by atoms with Crippen LogP contribution in [0.25, 0.3) is 0 Å². The Bertz CT molecular complexity index is 313. The van der Waals surface area contributed by atoms with Gasteiger partial charge in [-0.15, -0.1) is 0 Å². The minimum Gasteiger partial charge on any atom is -0.480 e. The minimum absolute atomic E-state index is 0.552. The molecule has 1 aliphatic heterocycles. The standard InChI is InChI=1S/C8H10N2OS/c1-11-8-6(9)2-5-3-12-4-7(5)10-8/h2H,3-4,9H2,1H3. The number of aromatic nitrogens is 1. The number of nitrogens with zero attached hydrogens (tertiary/aromatic N) is 1. The highest BCUT2D eigenvalue weighted by Gasteiger charge is 2.15. The van der Waals surface area contributed by atoms with E-state index in [1.165, 1.54) is 5.56 Å². The maximum absolute atomic E-state index is 5.71. The van der Waals surface area contributed by atoms with Crippen LogP contribution < -0.4 is 10.5 Å². The predicted octanol–water partition coefficient (Wildman–Crippen LogP) is 1.42. The number of hydrogen-bond acceptors (Lipinski definition) is 4. The van der Waals surface area contributed by atoms with E-state index in [0.29, 0.717) is 11.6 Å². The molecule has 4 heteroatoms. The molecule has 1 aromatic heterocycles. The normalized spacial score (nSPS) is 14.4. The Hall–Kier alpha value is -0.900. The molecule has 1 aliphatic rings. The average molecular weight is 182 g/mol. The van der Waals surface area contributed by atoms with E-state index in [4.69, 9.17) is 10.5 Å². The summed E-state index contributed by atoms with van der Waals surface area (Å²) >= 11 is 1.86. The first-order valence-electron chi connectivity index (χ1n) is 3.71. The van der Waals surface area contributed by atoms with Crippen LogP contribution in [0.15, 0.2) is 6.07 Å². The zero-order chi connectivity index (χ0) is 8.55. The fourth-order valence-electron chi connectivity index (χ4n) is 1.26. The lowest BCUT2D eigenvalue weighted by molar-refractivity contribution is 0.399. The Labute approximate surface area is 75.3 Å². The number of hydrogen-bond donors (Lipinski definition) is 1. The van der Waals surface area contributed by atoms with Crippen molar-refractivity contribution in [2.45, 2.75) is 11.5 Å². The number of nitrogen functional groups attached to an aromatic ring is 1. The molecule has 64 valence electrons. The molecule has 2 rings (SSSR count). The molecule has 0 aliphatic carbocycles. The number of thioether (sulfide) groups is 1. The van der Waals surface area contributed by atoms with Gasteiger partial charge in [0.15, 0.2) is 0 Å². The predicted molar refractivity (Wildman–Crippen MR) is 50.2 cm³/mol. The monoisotopic (exact) mass is 182 g/mol. The van der Waals surface area contributed by atoms with Gasteiger partial charge in [-0.3, -0.25) is 0 Å². The lowest BCUT2D eigenvalue weighted by Crippen LogP contribution is -1.98. The highest BCUT2D eigenvalue weighted by atomic mass is 32.2. The van der Waals surface area contributed by atoms with Crippen LogP contribution >= 0.6 is 11.8 Å². The lowest BCUT2D eigenvalue weighted by Gasteiger charge is -2.05. The van der Waals surface area contributed by atoms with Crippen molar-refractivity contribution < 1.29 is 4.74 Å². The molecule has 0 spiro atoms. The summed E-state index contributed by atoms with van der Waals surface area (Å²) in [6, 6.07) is 1.96. The van der Waals surface area contributed by atoms with Gasteiger partial charge in [0.1, 0.15) is 0 Å². The molecule has 0 radical (unpaired) electrons. The third-order valence-corrected chi connectivity index (χ3v) is 2.87. The first-order valence-corrected chi connectivity index (χ1v) is 4.86. The van der Waals surface area contributed by atoms with Crippen molar-refractivity contribution in [2.75, 3.05) is 12.8 Å². The summed E-state index contributed by atoms with van der Waals surface area (Å²) in [4.78, 5) is 4.30. The van der Waals surface area contributed by atoms with E-state index in [0.717, 1.165) is 17.2 Å². The maximum atomic E-state index is 5.71. The van der Waals surface area contributed by atoms with Crippen LogP contribution in [0.3, 0.4) is 0 Å². The van der Waals surface area contributed by atoms with Crippen LogP contribution in [0.4, 0.5) is 5.69 Å². The van der Waals surface area contributed by atoms with E-state index in [9.17, 15) is 0 Å². The van der Waals surface area contributed by atoms with Crippen LogP contribution in [0, 0.1) is 0 Å². The number of anilines is 1. The quantitative estimate of drug-likeness (QED) is 0.713. The van der Waals surface area contributed by atoms with E-state index in [1.54, 1.807) is 7.11 Å².